The molecule has 0 aliphatic heterocycles. The maximum atomic E-state index is 9.36. The zero-order valence-corrected chi connectivity index (χ0v) is 9.53. The third-order valence-corrected chi connectivity index (χ3v) is 2.90. The van der Waals surface area contributed by atoms with Gasteiger partial charge in [0.05, 0.1) is 0 Å². The van der Waals surface area contributed by atoms with E-state index in [0.29, 0.717) is 5.69 Å². The van der Waals surface area contributed by atoms with Gasteiger partial charge in [0.15, 0.2) is 0 Å². The van der Waals surface area contributed by atoms with Crippen LogP contribution in [0.2, 0.25) is 0 Å². The van der Waals surface area contributed by atoms with Gasteiger partial charge in [-0.15, -0.1) is 0 Å². The van der Waals surface area contributed by atoms with Crippen LogP contribution in [0.15, 0.2) is 46.9 Å². The number of anilines is 1. The molecule has 2 aromatic rings. The van der Waals surface area contributed by atoms with Gasteiger partial charge in [-0.2, -0.15) is 0 Å². The van der Waals surface area contributed by atoms with Crippen LogP contribution in [0.5, 0.6) is 5.75 Å². The Morgan fingerprint density at radius 1 is 1.00 bits per heavy atom. The van der Waals surface area contributed by atoms with E-state index in [1.54, 1.807) is 12.1 Å². The van der Waals surface area contributed by atoms with Crippen molar-refractivity contribution < 1.29 is 5.11 Å². The summed E-state index contributed by atoms with van der Waals surface area (Å²) < 4.78 is 0.881. The van der Waals surface area contributed by atoms with Crippen molar-refractivity contribution in [3.63, 3.8) is 0 Å². The molecule has 0 spiro atoms. The summed E-state index contributed by atoms with van der Waals surface area (Å²) in [4.78, 5) is 0. The number of phenolic OH excluding ortho intramolecular Hbond substituents is 1. The van der Waals surface area contributed by atoms with Crippen molar-refractivity contribution in [3.05, 3.63) is 46.9 Å². The Morgan fingerprint density at radius 2 is 1.73 bits per heavy atom. The van der Waals surface area contributed by atoms with Crippen LogP contribution in [0.1, 0.15) is 0 Å². The summed E-state index contributed by atoms with van der Waals surface area (Å²) in [7, 11) is 0. The molecule has 0 saturated heterocycles. The van der Waals surface area contributed by atoms with Crippen LogP contribution >= 0.6 is 15.9 Å². The first-order chi connectivity index (χ1) is 7.16. The standard InChI is InChI=1S/C12H10BrNO/c13-11-5-4-9(7-12(11)14)8-2-1-3-10(15)6-8/h1-7,15H,14H2. The van der Waals surface area contributed by atoms with E-state index in [1.165, 1.54) is 0 Å². The summed E-state index contributed by atoms with van der Waals surface area (Å²) in [6, 6.07) is 12.8. The van der Waals surface area contributed by atoms with Crippen molar-refractivity contribution in [2.45, 2.75) is 0 Å². The Balaban J connectivity index is 2.50. The predicted octanol–water partition coefficient (Wildman–Crippen LogP) is 3.40. The molecule has 76 valence electrons. The van der Waals surface area contributed by atoms with Crippen molar-refractivity contribution in [1.29, 1.82) is 0 Å². The molecule has 2 nitrogen and oxygen atoms in total. The van der Waals surface area contributed by atoms with E-state index >= 15 is 0 Å². The van der Waals surface area contributed by atoms with Crippen molar-refractivity contribution >= 4 is 21.6 Å². The zero-order valence-electron chi connectivity index (χ0n) is 7.94. The van der Waals surface area contributed by atoms with Gasteiger partial charge in [0.2, 0.25) is 0 Å². The highest BCUT2D eigenvalue weighted by atomic mass is 79.9. The van der Waals surface area contributed by atoms with Crippen LogP contribution < -0.4 is 5.73 Å². The van der Waals surface area contributed by atoms with Crippen molar-refractivity contribution in [2.24, 2.45) is 0 Å². The second-order valence-electron chi connectivity index (χ2n) is 3.29. The van der Waals surface area contributed by atoms with Gasteiger partial charge < -0.3 is 10.8 Å². The van der Waals surface area contributed by atoms with E-state index < -0.39 is 0 Å². The molecule has 0 bridgehead atoms. The first-order valence-electron chi connectivity index (χ1n) is 4.51. The number of phenols is 1. The van der Waals surface area contributed by atoms with Crippen molar-refractivity contribution in [1.82, 2.24) is 0 Å². The fraction of sp³-hybridized carbons (Fsp3) is 0. The molecule has 3 heteroatoms. The van der Waals surface area contributed by atoms with Gasteiger partial charge in [-0.25, -0.2) is 0 Å². The van der Waals surface area contributed by atoms with Gasteiger partial charge in [-0.3, -0.25) is 0 Å². The summed E-state index contributed by atoms with van der Waals surface area (Å²) in [5.74, 6) is 0.258. The highest BCUT2D eigenvalue weighted by Crippen LogP contribution is 2.28. The number of benzene rings is 2. The molecule has 0 amide bonds. The van der Waals surface area contributed by atoms with Crippen LogP contribution in [-0.2, 0) is 0 Å². The highest BCUT2D eigenvalue weighted by molar-refractivity contribution is 9.10. The molecule has 0 heterocycles. The van der Waals surface area contributed by atoms with E-state index in [9.17, 15) is 5.11 Å². The van der Waals surface area contributed by atoms with Gasteiger partial charge >= 0.3 is 0 Å². The first kappa shape index (κ1) is 10.1. The smallest absolute Gasteiger partial charge is 0.116 e. The Labute approximate surface area is 96.5 Å². The third-order valence-electron chi connectivity index (χ3n) is 2.18. The lowest BCUT2D eigenvalue weighted by atomic mass is 10.1. The Morgan fingerprint density at radius 3 is 2.40 bits per heavy atom. The average Bonchev–Trinajstić information content (AvgIpc) is 2.22. The molecule has 0 aliphatic rings. The Kier molecular flexibility index (Phi) is 2.64. The minimum Gasteiger partial charge on any atom is -0.508 e. The lowest BCUT2D eigenvalue weighted by Crippen LogP contribution is -1.87. The summed E-state index contributed by atoms with van der Waals surface area (Å²) >= 11 is 3.34. The molecule has 3 N–H and O–H groups in total. The molecule has 2 rings (SSSR count). The van der Waals surface area contributed by atoms with Gasteiger partial charge in [0.25, 0.3) is 0 Å². The van der Waals surface area contributed by atoms with E-state index in [4.69, 9.17) is 5.73 Å². The molecule has 0 aliphatic carbocycles. The predicted molar refractivity (Wildman–Crippen MR) is 65.7 cm³/mol. The monoisotopic (exact) mass is 263 g/mol. The number of hydrogen-bond acceptors (Lipinski definition) is 2. The van der Waals surface area contributed by atoms with E-state index in [-0.39, 0.29) is 5.75 Å². The van der Waals surface area contributed by atoms with E-state index in [1.807, 2.05) is 30.3 Å². The van der Waals surface area contributed by atoms with Crippen LogP contribution in [0, 0.1) is 0 Å². The molecule has 2 aromatic carbocycles. The Bertz CT molecular complexity index is 497. The van der Waals surface area contributed by atoms with Crippen LogP contribution in [0.25, 0.3) is 11.1 Å². The molecular formula is C12H10BrNO. The number of nitrogens with two attached hydrogens (primary N) is 1. The van der Waals surface area contributed by atoms with Gasteiger partial charge in [0, 0.05) is 10.2 Å². The zero-order chi connectivity index (χ0) is 10.8. The highest BCUT2D eigenvalue weighted by Gasteiger charge is 2.01. The van der Waals surface area contributed by atoms with E-state index in [0.717, 1.165) is 15.6 Å². The minimum absolute atomic E-state index is 0.258. The summed E-state index contributed by atoms with van der Waals surface area (Å²) in [6.07, 6.45) is 0. The van der Waals surface area contributed by atoms with E-state index in [2.05, 4.69) is 15.9 Å². The molecule has 0 atom stereocenters. The number of nitrogen functional groups attached to an aromatic ring is 1. The molecule has 0 unspecified atom stereocenters. The molecule has 0 radical (unpaired) electrons. The number of halogens is 1. The van der Waals surface area contributed by atoms with Crippen molar-refractivity contribution in [2.75, 3.05) is 5.73 Å². The number of rotatable bonds is 1. The number of hydrogen-bond donors (Lipinski definition) is 2. The molecule has 15 heavy (non-hydrogen) atoms. The maximum Gasteiger partial charge on any atom is 0.116 e. The lowest BCUT2D eigenvalue weighted by Gasteiger charge is -2.04. The molecule has 0 aromatic heterocycles. The summed E-state index contributed by atoms with van der Waals surface area (Å²) in [5, 5.41) is 9.36. The largest absolute Gasteiger partial charge is 0.508 e. The topological polar surface area (TPSA) is 46.2 Å². The fourth-order valence-electron chi connectivity index (χ4n) is 1.41. The van der Waals surface area contributed by atoms with Crippen molar-refractivity contribution in [3.8, 4) is 16.9 Å². The average molecular weight is 264 g/mol. The van der Waals surface area contributed by atoms with Crippen LogP contribution in [0.3, 0.4) is 0 Å². The molecule has 0 saturated carbocycles. The van der Waals surface area contributed by atoms with Gasteiger partial charge in [-0.05, 0) is 51.3 Å². The van der Waals surface area contributed by atoms with Crippen LogP contribution in [-0.4, -0.2) is 5.11 Å². The number of aromatic hydroxyl groups is 1. The Hall–Kier alpha value is -1.48. The SMILES string of the molecule is Nc1cc(-c2cccc(O)c2)ccc1Br. The second-order valence-corrected chi connectivity index (χ2v) is 4.14. The molecule has 0 fully saturated rings. The summed E-state index contributed by atoms with van der Waals surface area (Å²) in [5.41, 5.74) is 8.42. The second kappa shape index (κ2) is 3.95. The third kappa shape index (κ3) is 2.13. The van der Waals surface area contributed by atoms with Crippen LogP contribution in [0.4, 0.5) is 5.69 Å². The normalized spacial score (nSPS) is 10.2. The minimum atomic E-state index is 0.258. The summed E-state index contributed by atoms with van der Waals surface area (Å²) in [6.45, 7) is 0. The molecular weight excluding hydrogens is 254 g/mol. The first-order valence-corrected chi connectivity index (χ1v) is 5.30. The fourth-order valence-corrected chi connectivity index (χ4v) is 1.66. The van der Waals surface area contributed by atoms with Gasteiger partial charge in [0.1, 0.15) is 5.75 Å². The lowest BCUT2D eigenvalue weighted by molar-refractivity contribution is 0.475. The van der Waals surface area contributed by atoms with Gasteiger partial charge in [-0.1, -0.05) is 18.2 Å². The quantitative estimate of drug-likeness (QED) is 0.775. The maximum absolute atomic E-state index is 9.36.